The summed E-state index contributed by atoms with van der Waals surface area (Å²) in [6.45, 7) is 2.40. The zero-order chi connectivity index (χ0) is 11.1. The molecule has 1 atom stereocenters. The molecule has 1 aromatic carbocycles. The molecule has 1 rings (SSSR count). The number of nitrogens with one attached hydrogen (secondary N) is 1. The molecule has 15 heavy (non-hydrogen) atoms. The van der Waals surface area contributed by atoms with Gasteiger partial charge in [0, 0.05) is 6.42 Å². The second-order valence-electron chi connectivity index (χ2n) is 3.61. The lowest BCUT2D eigenvalue weighted by atomic mass is 10.0. The summed E-state index contributed by atoms with van der Waals surface area (Å²) in [4.78, 5) is 0. The first-order chi connectivity index (χ1) is 7.20. The maximum Gasteiger partial charge on any atom is 0.119 e. The topological polar surface area (TPSA) is 45.0 Å². The number of hydrogen-bond acceptors (Lipinski definition) is 3. The summed E-state index contributed by atoms with van der Waals surface area (Å²) < 4.78 is 5.51. The molecule has 1 unspecified atom stereocenters. The number of ether oxygens (including phenoxy) is 1. The van der Waals surface area contributed by atoms with Crippen LogP contribution in [0.4, 0.5) is 0 Å². The predicted molar refractivity (Wildman–Crippen MR) is 59.6 cm³/mol. The highest BCUT2D eigenvalue weighted by Gasteiger charge is 2.20. The van der Waals surface area contributed by atoms with Crippen LogP contribution >= 0.6 is 0 Å². The van der Waals surface area contributed by atoms with Crippen LogP contribution in [0.5, 0.6) is 5.75 Å². The van der Waals surface area contributed by atoms with Gasteiger partial charge in [0.15, 0.2) is 0 Å². The van der Waals surface area contributed by atoms with Crippen molar-refractivity contribution in [3.05, 3.63) is 30.3 Å². The summed E-state index contributed by atoms with van der Waals surface area (Å²) in [5.41, 5.74) is -0.505. The molecule has 0 aliphatic rings. The van der Waals surface area contributed by atoms with Gasteiger partial charge in [0.1, 0.15) is 11.3 Å². The average molecular weight is 204 g/mol. The molecule has 80 valence electrons. The molecule has 0 fully saturated rings. The SMILES string of the molecule is CNC(C)(C#N)CCOc1ccccc1. The van der Waals surface area contributed by atoms with E-state index in [4.69, 9.17) is 10.00 Å². The van der Waals surface area contributed by atoms with Gasteiger partial charge < -0.3 is 10.1 Å². The third-order valence-corrected chi connectivity index (χ3v) is 2.41. The minimum atomic E-state index is -0.505. The molecule has 0 saturated heterocycles. The van der Waals surface area contributed by atoms with E-state index in [-0.39, 0.29) is 0 Å². The molecular formula is C12H16N2O. The van der Waals surface area contributed by atoms with Crippen LogP contribution in [0.15, 0.2) is 30.3 Å². The maximum absolute atomic E-state index is 8.91. The Morgan fingerprint density at radius 1 is 1.40 bits per heavy atom. The van der Waals surface area contributed by atoms with E-state index in [9.17, 15) is 0 Å². The standard InChI is InChI=1S/C12H16N2O/c1-12(10-13,14-2)8-9-15-11-6-4-3-5-7-11/h3-7,14H,8-9H2,1-2H3. The van der Waals surface area contributed by atoms with Gasteiger partial charge in [-0.1, -0.05) is 18.2 Å². The Hall–Kier alpha value is -1.53. The smallest absolute Gasteiger partial charge is 0.119 e. The van der Waals surface area contributed by atoms with Crippen LogP contribution < -0.4 is 10.1 Å². The molecule has 3 nitrogen and oxygen atoms in total. The van der Waals surface area contributed by atoms with E-state index in [1.807, 2.05) is 37.3 Å². The average Bonchev–Trinajstić information content (AvgIpc) is 2.30. The van der Waals surface area contributed by atoms with Gasteiger partial charge in [-0.15, -0.1) is 0 Å². The Kier molecular flexibility index (Phi) is 4.14. The van der Waals surface area contributed by atoms with Crippen molar-refractivity contribution >= 4 is 0 Å². The van der Waals surface area contributed by atoms with Crippen LogP contribution in [0.2, 0.25) is 0 Å². The van der Waals surface area contributed by atoms with Gasteiger partial charge in [0.2, 0.25) is 0 Å². The predicted octanol–water partition coefficient (Wildman–Crippen LogP) is 1.96. The zero-order valence-corrected chi connectivity index (χ0v) is 9.16. The lowest BCUT2D eigenvalue weighted by Gasteiger charge is -2.20. The fourth-order valence-corrected chi connectivity index (χ4v) is 1.13. The third kappa shape index (κ3) is 3.61. The van der Waals surface area contributed by atoms with Crippen LogP contribution in [0, 0.1) is 11.3 Å². The second kappa shape index (κ2) is 5.38. The van der Waals surface area contributed by atoms with Crippen molar-refractivity contribution in [2.75, 3.05) is 13.7 Å². The molecule has 3 heteroatoms. The second-order valence-corrected chi connectivity index (χ2v) is 3.61. The van der Waals surface area contributed by atoms with Crippen LogP contribution in [0.3, 0.4) is 0 Å². The Morgan fingerprint density at radius 3 is 2.60 bits per heavy atom. The van der Waals surface area contributed by atoms with Crippen molar-refractivity contribution in [3.8, 4) is 11.8 Å². The third-order valence-electron chi connectivity index (χ3n) is 2.41. The van der Waals surface area contributed by atoms with E-state index in [2.05, 4.69) is 11.4 Å². The first kappa shape index (κ1) is 11.5. The Bertz CT molecular complexity index is 331. The van der Waals surface area contributed by atoms with Gasteiger partial charge in [0.25, 0.3) is 0 Å². The summed E-state index contributed by atoms with van der Waals surface area (Å²) in [7, 11) is 1.78. The molecule has 0 amide bonds. The zero-order valence-electron chi connectivity index (χ0n) is 9.16. The minimum Gasteiger partial charge on any atom is -0.493 e. The van der Waals surface area contributed by atoms with Crippen molar-refractivity contribution in [2.24, 2.45) is 0 Å². The summed E-state index contributed by atoms with van der Waals surface area (Å²) in [6.07, 6.45) is 0.662. The quantitative estimate of drug-likeness (QED) is 0.797. The molecule has 0 radical (unpaired) electrons. The number of benzene rings is 1. The number of para-hydroxylation sites is 1. The molecule has 0 bridgehead atoms. The van der Waals surface area contributed by atoms with E-state index in [1.54, 1.807) is 7.05 Å². The van der Waals surface area contributed by atoms with Crippen LogP contribution in [0.25, 0.3) is 0 Å². The van der Waals surface area contributed by atoms with E-state index in [0.29, 0.717) is 13.0 Å². The van der Waals surface area contributed by atoms with Crippen LogP contribution in [0.1, 0.15) is 13.3 Å². The summed E-state index contributed by atoms with van der Waals surface area (Å²) in [5.74, 6) is 0.842. The molecule has 0 spiro atoms. The van der Waals surface area contributed by atoms with Crippen LogP contribution in [-0.4, -0.2) is 19.2 Å². The summed E-state index contributed by atoms with van der Waals surface area (Å²) in [5, 5.41) is 11.9. The van der Waals surface area contributed by atoms with E-state index < -0.39 is 5.54 Å². The molecule has 0 heterocycles. The number of nitrogens with zero attached hydrogens (tertiary/aromatic N) is 1. The number of hydrogen-bond donors (Lipinski definition) is 1. The van der Waals surface area contributed by atoms with Gasteiger partial charge in [-0.05, 0) is 26.1 Å². The van der Waals surface area contributed by atoms with E-state index in [1.165, 1.54) is 0 Å². The highest BCUT2D eigenvalue weighted by molar-refractivity contribution is 5.20. The molecule has 1 N–H and O–H groups in total. The number of rotatable bonds is 5. The molecule has 1 aromatic rings. The van der Waals surface area contributed by atoms with Crippen molar-refractivity contribution < 1.29 is 4.74 Å². The van der Waals surface area contributed by atoms with Crippen molar-refractivity contribution in [2.45, 2.75) is 18.9 Å². The van der Waals surface area contributed by atoms with Gasteiger partial charge in [-0.25, -0.2) is 0 Å². The van der Waals surface area contributed by atoms with Gasteiger partial charge >= 0.3 is 0 Å². The summed E-state index contributed by atoms with van der Waals surface area (Å²) >= 11 is 0. The van der Waals surface area contributed by atoms with Gasteiger partial charge in [-0.2, -0.15) is 5.26 Å². The fourth-order valence-electron chi connectivity index (χ4n) is 1.13. The Morgan fingerprint density at radius 2 is 2.07 bits per heavy atom. The maximum atomic E-state index is 8.91. The normalized spacial score (nSPS) is 13.9. The first-order valence-electron chi connectivity index (χ1n) is 4.98. The van der Waals surface area contributed by atoms with Crippen molar-refractivity contribution in [1.29, 1.82) is 5.26 Å². The van der Waals surface area contributed by atoms with Crippen LogP contribution in [-0.2, 0) is 0 Å². The lowest BCUT2D eigenvalue weighted by Crippen LogP contribution is -2.39. The van der Waals surface area contributed by atoms with Crippen molar-refractivity contribution in [3.63, 3.8) is 0 Å². The molecule has 0 aromatic heterocycles. The van der Waals surface area contributed by atoms with Crippen molar-refractivity contribution in [1.82, 2.24) is 5.32 Å². The molecule has 0 saturated carbocycles. The minimum absolute atomic E-state index is 0.505. The monoisotopic (exact) mass is 204 g/mol. The lowest BCUT2D eigenvalue weighted by molar-refractivity contribution is 0.273. The molecule has 0 aliphatic heterocycles. The highest BCUT2D eigenvalue weighted by Crippen LogP contribution is 2.12. The highest BCUT2D eigenvalue weighted by atomic mass is 16.5. The Balaban J connectivity index is 2.37. The van der Waals surface area contributed by atoms with E-state index >= 15 is 0 Å². The molecule has 0 aliphatic carbocycles. The van der Waals surface area contributed by atoms with Gasteiger partial charge in [-0.3, -0.25) is 0 Å². The fraction of sp³-hybridized carbons (Fsp3) is 0.417. The van der Waals surface area contributed by atoms with E-state index in [0.717, 1.165) is 5.75 Å². The summed E-state index contributed by atoms with van der Waals surface area (Å²) in [6, 6.07) is 11.8. The first-order valence-corrected chi connectivity index (χ1v) is 4.98. The van der Waals surface area contributed by atoms with Gasteiger partial charge in [0.05, 0.1) is 12.7 Å². The Labute approximate surface area is 90.7 Å². The largest absolute Gasteiger partial charge is 0.493 e. The molecular weight excluding hydrogens is 188 g/mol. The number of nitriles is 1.